The smallest absolute Gasteiger partial charge is 0.133 e. The number of carbonyl (C=O) groups is 1. The highest BCUT2D eigenvalue weighted by molar-refractivity contribution is 5.51. The third kappa shape index (κ3) is 231. The summed E-state index contributed by atoms with van der Waals surface area (Å²) in [4.78, 5) is 9.05. The van der Waals surface area contributed by atoms with Crippen molar-refractivity contribution in [2.24, 2.45) is 17.2 Å². The summed E-state index contributed by atoms with van der Waals surface area (Å²) >= 11 is 0. The van der Waals surface area contributed by atoms with Crippen LogP contribution in [0.25, 0.3) is 0 Å². The van der Waals surface area contributed by atoms with Crippen LogP contribution >= 0.6 is 0 Å². The van der Waals surface area contributed by atoms with Crippen LogP contribution in [-0.4, -0.2) is 19.5 Å². The van der Waals surface area contributed by atoms with Crippen LogP contribution in [0.5, 0.6) is 0 Å². The SMILES string of the molecule is NCC=O.NCN. The van der Waals surface area contributed by atoms with Crippen molar-refractivity contribution in [3.8, 4) is 0 Å². The summed E-state index contributed by atoms with van der Waals surface area (Å²) in [6.07, 6.45) is 0.653. The second-order valence-electron chi connectivity index (χ2n) is 0.638. The Bertz CT molecular complexity index is 31.4. The van der Waals surface area contributed by atoms with Crippen molar-refractivity contribution in [2.45, 2.75) is 0 Å². The molecule has 7 heavy (non-hydrogen) atoms. The average molecular weight is 105 g/mol. The van der Waals surface area contributed by atoms with Crippen LogP contribution < -0.4 is 17.2 Å². The van der Waals surface area contributed by atoms with Crippen molar-refractivity contribution in [2.75, 3.05) is 13.2 Å². The third-order valence-electron chi connectivity index (χ3n) is 0.0962. The molecule has 44 valence electrons. The van der Waals surface area contributed by atoms with Gasteiger partial charge in [-0.2, -0.15) is 0 Å². The molecule has 4 heteroatoms. The summed E-state index contributed by atoms with van der Waals surface area (Å²) < 4.78 is 0. The lowest BCUT2D eigenvalue weighted by molar-refractivity contribution is -0.106. The Kier molecular flexibility index (Phi) is 24.6. The van der Waals surface area contributed by atoms with Crippen LogP contribution in [0.2, 0.25) is 0 Å². The molecule has 0 amide bonds. The Hall–Kier alpha value is -0.450. The van der Waals surface area contributed by atoms with Gasteiger partial charge in [-0.15, -0.1) is 0 Å². The highest BCUT2D eigenvalue weighted by Crippen LogP contribution is 1.18. The summed E-state index contributed by atoms with van der Waals surface area (Å²) in [5.74, 6) is 0. The van der Waals surface area contributed by atoms with Gasteiger partial charge >= 0.3 is 0 Å². The van der Waals surface area contributed by atoms with Gasteiger partial charge in [-0.05, 0) is 0 Å². The Balaban J connectivity index is 0. The molecular weight excluding hydrogens is 94.1 g/mol. The standard InChI is InChI=1S/C2H5NO.CH6N2/c3-1-2-4;2-1-3/h2H,1,3H2;1-3H2. The highest BCUT2D eigenvalue weighted by atomic mass is 16.1. The van der Waals surface area contributed by atoms with Crippen molar-refractivity contribution in [1.29, 1.82) is 0 Å². The second-order valence-corrected chi connectivity index (χ2v) is 0.638. The van der Waals surface area contributed by atoms with Gasteiger partial charge in [0.1, 0.15) is 6.29 Å². The first-order valence-corrected chi connectivity index (χ1v) is 1.87. The Morgan fingerprint density at radius 1 is 1.29 bits per heavy atom. The molecule has 0 saturated heterocycles. The first-order valence-electron chi connectivity index (χ1n) is 1.87. The van der Waals surface area contributed by atoms with E-state index in [2.05, 4.69) is 17.2 Å². The van der Waals surface area contributed by atoms with E-state index >= 15 is 0 Å². The minimum atomic E-state index is 0.139. The van der Waals surface area contributed by atoms with Crippen LogP contribution in [-0.2, 0) is 4.79 Å². The monoisotopic (exact) mass is 105 g/mol. The fourth-order valence-corrected chi connectivity index (χ4v) is 0. The van der Waals surface area contributed by atoms with Gasteiger partial charge in [-0.1, -0.05) is 0 Å². The molecule has 0 aliphatic carbocycles. The van der Waals surface area contributed by atoms with Gasteiger partial charge in [0.25, 0.3) is 0 Å². The zero-order valence-electron chi connectivity index (χ0n) is 4.13. The molecule has 0 aromatic carbocycles. The fourth-order valence-electron chi connectivity index (χ4n) is 0. The minimum absolute atomic E-state index is 0.139. The summed E-state index contributed by atoms with van der Waals surface area (Å²) in [6, 6.07) is 0. The van der Waals surface area contributed by atoms with E-state index in [0.29, 0.717) is 6.29 Å². The normalized spacial score (nSPS) is 6.14. The molecule has 6 N–H and O–H groups in total. The maximum atomic E-state index is 9.05. The Labute approximate surface area is 42.7 Å². The molecule has 0 aromatic heterocycles. The lowest BCUT2D eigenvalue weighted by Crippen LogP contribution is -2.08. The molecule has 0 saturated carbocycles. The summed E-state index contributed by atoms with van der Waals surface area (Å²) in [7, 11) is 0. The zero-order valence-corrected chi connectivity index (χ0v) is 4.13. The second kappa shape index (κ2) is 17.7. The zero-order chi connectivity index (χ0) is 6.12. The van der Waals surface area contributed by atoms with E-state index in [1.807, 2.05) is 0 Å². The Morgan fingerprint density at radius 2 is 1.43 bits per heavy atom. The molecule has 0 fully saturated rings. The third-order valence-corrected chi connectivity index (χ3v) is 0.0962. The summed E-state index contributed by atoms with van der Waals surface area (Å²) in [6.45, 7) is 0.389. The van der Waals surface area contributed by atoms with Gasteiger partial charge in [0.2, 0.25) is 0 Å². The van der Waals surface area contributed by atoms with E-state index in [4.69, 9.17) is 4.79 Å². The first-order chi connectivity index (χ1) is 3.33. The quantitative estimate of drug-likeness (QED) is 0.265. The van der Waals surface area contributed by atoms with Gasteiger partial charge in [-0.3, -0.25) is 0 Å². The van der Waals surface area contributed by atoms with Crippen LogP contribution in [0.15, 0.2) is 0 Å². The van der Waals surface area contributed by atoms with Crippen LogP contribution in [0, 0.1) is 0 Å². The largest absolute Gasteiger partial charge is 0.324 e. The van der Waals surface area contributed by atoms with E-state index in [-0.39, 0.29) is 13.2 Å². The minimum Gasteiger partial charge on any atom is -0.324 e. The molecule has 0 unspecified atom stereocenters. The van der Waals surface area contributed by atoms with Gasteiger partial charge in [0.15, 0.2) is 0 Å². The van der Waals surface area contributed by atoms with E-state index in [0.717, 1.165) is 0 Å². The van der Waals surface area contributed by atoms with Crippen molar-refractivity contribution < 1.29 is 4.79 Å². The summed E-state index contributed by atoms with van der Waals surface area (Å²) in [5.41, 5.74) is 13.9. The van der Waals surface area contributed by atoms with E-state index in [1.54, 1.807) is 0 Å². The number of hydrogen-bond donors (Lipinski definition) is 3. The molecule has 0 heterocycles. The number of carbonyl (C=O) groups excluding carboxylic acids is 1. The predicted octanol–water partition coefficient (Wildman–Crippen LogP) is -1.99. The molecule has 0 aliphatic heterocycles. The maximum absolute atomic E-state index is 9.05. The molecule has 0 bridgehead atoms. The van der Waals surface area contributed by atoms with Crippen LogP contribution in [0.4, 0.5) is 0 Å². The first kappa shape index (κ1) is 9.75. The molecule has 0 rings (SSSR count). The lowest BCUT2D eigenvalue weighted by Gasteiger charge is -1.56. The topological polar surface area (TPSA) is 95.1 Å². The van der Waals surface area contributed by atoms with E-state index in [1.165, 1.54) is 0 Å². The number of nitrogens with two attached hydrogens (primary N) is 3. The molecule has 0 atom stereocenters. The van der Waals surface area contributed by atoms with Gasteiger partial charge in [-0.25, -0.2) is 0 Å². The van der Waals surface area contributed by atoms with Gasteiger partial charge in [0, 0.05) is 13.2 Å². The average Bonchev–Trinajstić information content (AvgIpc) is 1.69. The van der Waals surface area contributed by atoms with Gasteiger partial charge < -0.3 is 22.0 Å². The number of hydrogen-bond acceptors (Lipinski definition) is 4. The van der Waals surface area contributed by atoms with Crippen molar-refractivity contribution in [3.63, 3.8) is 0 Å². The Morgan fingerprint density at radius 3 is 1.43 bits per heavy atom. The van der Waals surface area contributed by atoms with Crippen molar-refractivity contribution >= 4 is 6.29 Å². The fraction of sp³-hybridized carbons (Fsp3) is 0.667. The van der Waals surface area contributed by atoms with E-state index < -0.39 is 0 Å². The van der Waals surface area contributed by atoms with Gasteiger partial charge in [0.05, 0.1) is 0 Å². The van der Waals surface area contributed by atoms with Crippen molar-refractivity contribution in [3.05, 3.63) is 0 Å². The number of rotatable bonds is 1. The number of aldehydes is 1. The van der Waals surface area contributed by atoms with Crippen LogP contribution in [0.1, 0.15) is 0 Å². The molecule has 0 aliphatic rings. The lowest BCUT2D eigenvalue weighted by atomic mass is 10.8. The molecule has 0 aromatic rings. The molecule has 0 radical (unpaired) electrons. The maximum Gasteiger partial charge on any atom is 0.133 e. The highest BCUT2D eigenvalue weighted by Gasteiger charge is 1.51. The van der Waals surface area contributed by atoms with E-state index in [9.17, 15) is 0 Å². The molecule has 0 spiro atoms. The predicted molar refractivity (Wildman–Crippen MR) is 28.4 cm³/mol. The summed E-state index contributed by atoms with van der Waals surface area (Å²) in [5, 5.41) is 0. The van der Waals surface area contributed by atoms with Crippen LogP contribution in [0.3, 0.4) is 0 Å². The molecular formula is C3H11N3O. The molecule has 4 nitrogen and oxygen atoms in total. The van der Waals surface area contributed by atoms with Crippen molar-refractivity contribution in [1.82, 2.24) is 0 Å².